The van der Waals surface area contributed by atoms with Crippen molar-refractivity contribution in [3.8, 4) is 0 Å². The van der Waals surface area contributed by atoms with Crippen LogP contribution in [0.2, 0.25) is 0 Å². The second-order valence-corrected chi connectivity index (χ2v) is 6.77. The van der Waals surface area contributed by atoms with Gasteiger partial charge in [-0.3, -0.25) is 0 Å². The van der Waals surface area contributed by atoms with E-state index in [1.165, 1.54) is 22.3 Å². The maximum absolute atomic E-state index is 11.2. The second kappa shape index (κ2) is 7.24. The van der Waals surface area contributed by atoms with Crippen LogP contribution in [0.25, 0.3) is 0 Å². The first-order valence-corrected chi connectivity index (χ1v) is 9.14. The molecule has 0 saturated carbocycles. The standard InChI is InChI=1S/C22H26N2O2/c1-5-15-11-23-20(13(15)3)19(21-14(4)16(6-2)12-24-21)17-7-9-18(10-8-17)22(25)26/h7-12,19,23-24H,5-6H2,1-4H3,(H,25,26). The first-order chi connectivity index (χ1) is 12.5. The highest BCUT2D eigenvalue weighted by atomic mass is 16.4. The molecule has 1 aromatic carbocycles. The summed E-state index contributed by atoms with van der Waals surface area (Å²) in [5.74, 6) is -0.875. The lowest BCUT2D eigenvalue weighted by Gasteiger charge is -2.19. The van der Waals surface area contributed by atoms with E-state index in [0.717, 1.165) is 29.8 Å². The van der Waals surface area contributed by atoms with Gasteiger partial charge in [-0.2, -0.15) is 0 Å². The molecule has 3 rings (SSSR count). The van der Waals surface area contributed by atoms with Crippen molar-refractivity contribution in [1.82, 2.24) is 9.97 Å². The third kappa shape index (κ3) is 3.07. The van der Waals surface area contributed by atoms with E-state index in [1.807, 2.05) is 12.1 Å². The number of H-pyrrole nitrogens is 2. The van der Waals surface area contributed by atoms with Crippen molar-refractivity contribution in [2.24, 2.45) is 0 Å². The van der Waals surface area contributed by atoms with E-state index in [9.17, 15) is 9.90 Å². The molecule has 2 heterocycles. The zero-order chi connectivity index (χ0) is 18.8. The summed E-state index contributed by atoms with van der Waals surface area (Å²) in [6.45, 7) is 8.63. The van der Waals surface area contributed by atoms with Crippen molar-refractivity contribution in [2.45, 2.75) is 46.5 Å². The number of aromatic amines is 2. The first-order valence-electron chi connectivity index (χ1n) is 9.14. The second-order valence-electron chi connectivity index (χ2n) is 6.77. The fourth-order valence-corrected chi connectivity index (χ4v) is 3.74. The van der Waals surface area contributed by atoms with Crippen LogP contribution in [0, 0.1) is 13.8 Å². The lowest BCUT2D eigenvalue weighted by Crippen LogP contribution is -2.08. The average Bonchev–Trinajstić information content (AvgIpc) is 3.19. The van der Waals surface area contributed by atoms with Gasteiger partial charge in [-0.15, -0.1) is 0 Å². The molecule has 0 aliphatic heterocycles. The van der Waals surface area contributed by atoms with Crippen LogP contribution in [-0.4, -0.2) is 21.0 Å². The Bertz CT molecular complexity index is 868. The molecule has 2 aromatic heterocycles. The Labute approximate surface area is 154 Å². The van der Waals surface area contributed by atoms with Crippen LogP contribution in [-0.2, 0) is 12.8 Å². The van der Waals surface area contributed by atoms with Gasteiger partial charge in [-0.1, -0.05) is 26.0 Å². The minimum atomic E-state index is -0.901. The molecule has 0 fully saturated rings. The van der Waals surface area contributed by atoms with Crippen molar-refractivity contribution in [3.05, 3.63) is 81.4 Å². The summed E-state index contributed by atoms with van der Waals surface area (Å²) < 4.78 is 0. The van der Waals surface area contributed by atoms with Crippen LogP contribution in [0.4, 0.5) is 0 Å². The smallest absolute Gasteiger partial charge is 0.335 e. The van der Waals surface area contributed by atoms with Crippen LogP contribution < -0.4 is 0 Å². The lowest BCUT2D eigenvalue weighted by molar-refractivity contribution is 0.0697. The van der Waals surface area contributed by atoms with E-state index in [-0.39, 0.29) is 5.92 Å². The number of carboxylic acids is 1. The predicted octanol–water partition coefficient (Wildman–Crippen LogP) is 4.96. The number of nitrogens with one attached hydrogen (secondary N) is 2. The monoisotopic (exact) mass is 350 g/mol. The molecular formula is C22H26N2O2. The SMILES string of the molecule is CCc1c[nH]c(C(c2ccc(C(=O)O)cc2)c2[nH]cc(CC)c2C)c1C. The maximum atomic E-state index is 11.2. The third-order valence-corrected chi connectivity index (χ3v) is 5.41. The predicted molar refractivity (Wildman–Crippen MR) is 104 cm³/mol. The minimum absolute atomic E-state index is 0.0263. The van der Waals surface area contributed by atoms with Crippen molar-refractivity contribution in [1.29, 1.82) is 0 Å². The van der Waals surface area contributed by atoms with Crippen molar-refractivity contribution < 1.29 is 9.90 Å². The zero-order valence-electron chi connectivity index (χ0n) is 15.8. The molecule has 0 aliphatic rings. The summed E-state index contributed by atoms with van der Waals surface area (Å²) in [7, 11) is 0. The summed E-state index contributed by atoms with van der Waals surface area (Å²) in [5.41, 5.74) is 8.88. The minimum Gasteiger partial charge on any atom is -0.478 e. The first kappa shape index (κ1) is 18.1. The Morgan fingerprint density at radius 2 is 1.38 bits per heavy atom. The zero-order valence-corrected chi connectivity index (χ0v) is 15.8. The van der Waals surface area contributed by atoms with Crippen LogP contribution in [0.15, 0.2) is 36.7 Å². The molecule has 0 unspecified atom stereocenters. The van der Waals surface area contributed by atoms with E-state index in [2.05, 4.69) is 50.1 Å². The molecule has 0 aliphatic carbocycles. The van der Waals surface area contributed by atoms with Gasteiger partial charge in [-0.25, -0.2) is 4.79 Å². The Kier molecular flexibility index (Phi) is 5.03. The highest BCUT2D eigenvalue weighted by molar-refractivity contribution is 5.87. The molecule has 3 N–H and O–H groups in total. The van der Waals surface area contributed by atoms with Gasteiger partial charge >= 0.3 is 5.97 Å². The number of benzene rings is 1. The summed E-state index contributed by atoms with van der Waals surface area (Å²) in [6, 6.07) is 7.21. The van der Waals surface area contributed by atoms with Crippen LogP contribution in [0.3, 0.4) is 0 Å². The molecule has 0 atom stereocenters. The fourth-order valence-electron chi connectivity index (χ4n) is 3.74. The van der Waals surface area contributed by atoms with Crippen molar-refractivity contribution in [3.63, 3.8) is 0 Å². The van der Waals surface area contributed by atoms with Crippen LogP contribution >= 0.6 is 0 Å². The Morgan fingerprint density at radius 1 is 0.923 bits per heavy atom. The van der Waals surface area contributed by atoms with E-state index < -0.39 is 5.97 Å². The number of hydrogen-bond donors (Lipinski definition) is 3. The number of carbonyl (C=O) groups is 1. The van der Waals surface area contributed by atoms with Gasteiger partial charge in [-0.05, 0) is 66.6 Å². The largest absolute Gasteiger partial charge is 0.478 e. The molecular weight excluding hydrogens is 324 g/mol. The Balaban J connectivity index is 2.16. The van der Waals surface area contributed by atoms with E-state index >= 15 is 0 Å². The molecule has 3 aromatic rings. The topological polar surface area (TPSA) is 68.9 Å². The molecule has 0 saturated heterocycles. The van der Waals surface area contributed by atoms with Gasteiger partial charge in [0.15, 0.2) is 0 Å². The number of aryl methyl sites for hydroxylation is 2. The van der Waals surface area contributed by atoms with Gasteiger partial charge in [0.25, 0.3) is 0 Å². The van der Waals surface area contributed by atoms with E-state index in [0.29, 0.717) is 5.56 Å². The van der Waals surface area contributed by atoms with Gasteiger partial charge in [0.1, 0.15) is 0 Å². The normalized spacial score (nSPS) is 11.3. The summed E-state index contributed by atoms with van der Waals surface area (Å²) >= 11 is 0. The molecule has 26 heavy (non-hydrogen) atoms. The molecule has 0 amide bonds. The maximum Gasteiger partial charge on any atom is 0.335 e. The highest BCUT2D eigenvalue weighted by Crippen LogP contribution is 2.36. The average molecular weight is 350 g/mol. The summed E-state index contributed by atoms with van der Waals surface area (Å²) in [4.78, 5) is 18.2. The van der Waals surface area contributed by atoms with Gasteiger partial charge in [0.2, 0.25) is 0 Å². The number of hydrogen-bond acceptors (Lipinski definition) is 1. The Morgan fingerprint density at radius 3 is 1.73 bits per heavy atom. The Hall–Kier alpha value is -2.75. The van der Waals surface area contributed by atoms with E-state index in [4.69, 9.17) is 0 Å². The number of aromatic nitrogens is 2. The van der Waals surface area contributed by atoms with Crippen LogP contribution in [0.1, 0.15) is 69.3 Å². The van der Waals surface area contributed by atoms with Gasteiger partial charge in [0.05, 0.1) is 11.5 Å². The molecule has 4 heteroatoms. The van der Waals surface area contributed by atoms with Gasteiger partial charge in [0, 0.05) is 23.8 Å². The van der Waals surface area contributed by atoms with Crippen LogP contribution in [0.5, 0.6) is 0 Å². The fraction of sp³-hybridized carbons (Fsp3) is 0.318. The molecule has 0 radical (unpaired) electrons. The van der Waals surface area contributed by atoms with Gasteiger partial charge < -0.3 is 15.1 Å². The number of aromatic carboxylic acids is 1. The number of rotatable bonds is 6. The highest BCUT2D eigenvalue weighted by Gasteiger charge is 2.25. The quantitative estimate of drug-likeness (QED) is 0.588. The molecule has 0 spiro atoms. The molecule has 136 valence electrons. The number of carboxylic acid groups (broad SMARTS) is 1. The lowest BCUT2D eigenvalue weighted by atomic mass is 9.87. The van der Waals surface area contributed by atoms with Crippen molar-refractivity contribution in [2.75, 3.05) is 0 Å². The molecule has 4 nitrogen and oxygen atoms in total. The van der Waals surface area contributed by atoms with E-state index in [1.54, 1.807) is 12.1 Å². The van der Waals surface area contributed by atoms with Crippen molar-refractivity contribution >= 4 is 5.97 Å². The summed E-state index contributed by atoms with van der Waals surface area (Å²) in [5, 5.41) is 9.19. The summed E-state index contributed by atoms with van der Waals surface area (Å²) in [6.07, 6.45) is 6.14. The molecule has 0 bridgehead atoms. The third-order valence-electron chi connectivity index (χ3n) is 5.41.